The number of carbonyl (C=O) groups is 1. The average molecular weight is 326 g/mol. The highest BCUT2D eigenvalue weighted by Gasteiger charge is 2.51. The van der Waals surface area contributed by atoms with E-state index in [1.54, 1.807) is 0 Å². The van der Waals surface area contributed by atoms with Crippen LogP contribution >= 0.6 is 0 Å². The van der Waals surface area contributed by atoms with Gasteiger partial charge in [0.2, 0.25) is 15.9 Å². The van der Waals surface area contributed by atoms with Crippen LogP contribution in [0.4, 0.5) is 0 Å². The molecule has 3 aliphatic rings. The fourth-order valence-electron chi connectivity index (χ4n) is 4.35. The molecule has 3 rings (SSSR count). The number of hydrogen-bond acceptors (Lipinski definition) is 3. The Hall–Kier alpha value is -0.880. The topological polar surface area (TPSA) is 66.5 Å². The van der Waals surface area contributed by atoms with Crippen molar-refractivity contribution < 1.29 is 13.2 Å². The lowest BCUT2D eigenvalue weighted by atomic mass is 9.65. The van der Waals surface area contributed by atoms with Crippen LogP contribution in [0.2, 0.25) is 0 Å². The lowest BCUT2D eigenvalue weighted by Gasteiger charge is -2.45. The van der Waals surface area contributed by atoms with Crippen LogP contribution in [0.25, 0.3) is 0 Å². The van der Waals surface area contributed by atoms with E-state index in [4.69, 9.17) is 0 Å². The van der Waals surface area contributed by atoms with E-state index in [-0.39, 0.29) is 22.8 Å². The van der Waals surface area contributed by atoms with E-state index in [0.717, 1.165) is 51.6 Å². The van der Waals surface area contributed by atoms with E-state index in [9.17, 15) is 13.2 Å². The first-order valence-electron chi connectivity index (χ1n) is 8.13. The minimum absolute atomic E-state index is 0.0539. The molecule has 6 heteroatoms. The molecule has 2 fully saturated rings. The van der Waals surface area contributed by atoms with Crippen LogP contribution in [0.3, 0.4) is 0 Å². The predicted octanol–water partition coefficient (Wildman–Crippen LogP) is 1.66. The summed E-state index contributed by atoms with van der Waals surface area (Å²) in [5, 5.41) is 0. The van der Waals surface area contributed by atoms with Crippen molar-refractivity contribution in [3.05, 3.63) is 12.2 Å². The van der Waals surface area contributed by atoms with Gasteiger partial charge < -0.3 is 4.90 Å². The number of hydrogen-bond donors (Lipinski definition) is 1. The summed E-state index contributed by atoms with van der Waals surface area (Å²) in [6, 6.07) is 0.0539. The smallest absolute Gasteiger partial charge is 0.228 e. The van der Waals surface area contributed by atoms with Gasteiger partial charge in [0.15, 0.2) is 0 Å². The van der Waals surface area contributed by atoms with Crippen molar-refractivity contribution in [1.29, 1.82) is 0 Å². The maximum absolute atomic E-state index is 12.8. The monoisotopic (exact) mass is 326 g/mol. The molecule has 1 amide bonds. The zero-order chi connectivity index (χ0) is 16.0. The lowest BCUT2D eigenvalue weighted by molar-refractivity contribution is -0.141. The fourth-order valence-corrected chi connectivity index (χ4v) is 5.13. The van der Waals surface area contributed by atoms with E-state index in [1.807, 2.05) is 4.90 Å². The van der Waals surface area contributed by atoms with E-state index >= 15 is 0 Å². The van der Waals surface area contributed by atoms with Crippen molar-refractivity contribution in [3.63, 3.8) is 0 Å². The van der Waals surface area contributed by atoms with E-state index < -0.39 is 10.0 Å². The molecular weight excluding hydrogens is 300 g/mol. The molecule has 1 heterocycles. The highest BCUT2D eigenvalue weighted by Crippen LogP contribution is 2.49. The van der Waals surface area contributed by atoms with Gasteiger partial charge in [0.05, 0.1) is 11.7 Å². The van der Waals surface area contributed by atoms with Crippen LogP contribution in [-0.4, -0.2) is 44.6 Å². The summed E-state index contributed by atoms with van der Waals surface area (Å²) in [6.45, 7) is 3.70. The molecule has 0 bridgehead atoms. The van der Waals surface area contributed by atoms with Gasteiger partial charge in [-0.25, -0.2) is 13.1 Å². The van der Waals surface area contributed by atoms with Gasteiger partial charge in [-0.05, 0) is 43.9 Å². The first-order valence-corrected chi connectivity index (χ1v) is 10.0. The molecule has 1 spiro atoms. The van der Waals surface area contributed by atoms with Crippen molar-refractivity contribution in [2.75, 3.05) is 19.3 Å². The molecule has 1 saturated carbocycles. The number of sulfonamides is 1. The molecule has 1 atom stereocenters. The second kappa shape index (κ2) is 5.34. The molecular formula is C16H26N2O3S. The first kappa shape index (κ1) is 16.0. The molecule has 1 saturated heterocycles. The predicted molar refractivity (Wildman–Crippen MR) is 85.7 cm³/mol. The van der Waals surface area contributed by atoms with Crippen molar-refractivity contribution in [3.8, 4) is 0 Å². The van der Waals surface area contributed by atoms with Gasteiger partial charge in [-0.1, -0.05) is 19.1 Å². The summed E-state index contributed by atoms with van der Waals surface area (Å²) in [5.74, 6) is 0.285. The Bertz CT molecular complexity index is 593. The summed E-state index contributed by atoms with van der Waals surface area (Å²) in [6.07, 6.45) is 11.0. The number of allylic oxidation sites excluding steroid dienone is 2. The number of nitrogens with one attached hydrogen (secondary N) is 1. The fraction of sp³-hybridized carbons (Fsp3) is 0.812. The Morgan fingerprint density at radius 1 is 1.27 bits per heavy atom. The lowest BCUT2D eigenvalue weighted by Crippen LogP contribution is -2.52. The largest absolute Gasteiger partial charge is 0.342 e. The highest BCUT2D eigenvalue weighted by atomic mass is 32.2. The Morgan fingerprint density at radius 3 is 2.59 bits per heavy atom. The summed E-state index contributed by atoms with van der Waals surface area (Å²) >= 11 is 0. The number of carbonyl (C=O) groups excluding carboxylic acids is 1. The second-order valence-corrected chi connectivity index (χ2v) is 9.53. The second-order valence-electron chi connectivity index (χ2n) is 7.75. The minimum Gasteiger partial charge on any atom is -0.342 e. The van der Waals surface area contributed by atoms with E-state index in [1.165, 1.54) is 6.26 Å². The standard InChI is InChI=1S/C16H26N2O3S/c1-15(6-4-3-5-7-15)14(19)18-9-8-16(12-18)10-13(11-16)17-22(2,20)21/h3-4,13,17H,5-12H2,1-2H3. The molecule has 2 aliphatic carbocycles. The SMILES string of the molecule is CC1(C(=O)N2CCC3(CC(NS(C)(=O)=O)C3)C2)CC=CCC1. The molecule has 5 nitrogen and oxygen atoms in total. The molecule has 0 aromatic heterocycles. The van der Waals surface area contributed by atoms with Crippen molar-refractivity contribution in [2.24, 2.45) is 10.8 Å². The van der Waals surface area contributed by atoms with Crippen LogP contribution in [0.1, 0.15) is 45.4 Å². The van der Waals surface area contributed by atoms with Gasteiger partial charge in [0.1, 0.15) is 0 Å². The zero-order valence-corrected chi connectivity index (χ0v) is 14.3. The Morgan fingerprint density at radius 2 is 2.00 bits per heavy atom. The summed E-state index contributed by atoms with van der Waals surface area (Å²) in [7, 11) is -3.13. The highest BCUT2D eigenvalue weighted by molar-refractivity contribution is 7.88. The van der Waals surface area contributed by atoms with Gasteiger partial charge in [-0.15, -0.1) is 0 Å². The van der Waals surface area contributed by atoms with Crippen LogP contribution in [0, 0.1) is 10.8 Å². The molecule has 1 N–H and O–H groups in total. The van der Waals surface area contributed by atoms with Crippen LogP contribution in [-0.2, 0) is 14.8 Å². The van der Waals surface area contributed by atoms with Gasteiger partial charge in [-0.3, -0.25) is 4.79 Å². The Labute approximate surface area is 133 Å². The number of amides is 1. The maximum Gasteiger partial charge on any atom is 0.228 e. The zero-order valence-electron chi connectivity index (χ0n) is 13.5. The summed E-state index contributed by atoms with van der Waals surface area (Å²) in [5.41, 5.74) is -0.0900. The summed E-state index contributed by atoms with van der Waals surface area (Å²) < 4.78 is 25.2. The van der Waals surface area contributed by atoms with Crippen molar-refractivity contribution in [2.45, 2.75) is 51.5 Å². The third kappa shape index (κ3) is 3.08. The Balaban J connectivity index is 1.57. The molecule has 0 aromatic rings. The van der Waals surface area contributed by atoms with E-state index in [0.29, 0.717) is 0 Å². The first-order chi connectivity index (χ1) is 10.2. The molecule has 124 valence electrons. The molecule has 0 radical (unpaired) electrons. The number of rotatable bonds is 3. The number of nitrogens with zero attached hydrogens (tertiary/aromatic N) is 1. The normalized spacial score (nSPS) is 38.3. The van der Waals surface area contributed by atoms with E-state index in [2.05, 4.69) is 23.8 Å². The van der Waals surface area contributed by atoms with Crippen LogP contribution in [0.15, 0.2) is 12.2 Å². The third-order valence-electron chi connectivity index (χ3n) is 5.58. The van der Waals surface area contributed by atoms with Gasteiger partial charge >= 0.3 is 0 Å². The molecule has 1 unspecified atom stereocenters. The van der Waals surface area contributed by atoms with Crippen molar-refractivity contribution in [1.82, 2.24) is 9.62 Å². The average Bonchev–Trinajstić information content (AvgIpc) is 2.81. The van der Waals surface area contributed by atoms with Crippen LogP contribution in [0.5, 0.6) is 0 Å². The molecule has 0 aromatic carbocycles. The van der Waals surface area contributed by atoms with Crippen molar-refractivity contribution >= 4 is 15.9 Å². The number of likely N-dealkylation sites (tertiary alicyclic amines) is 1. The third-order valence-corrected chi connectivity index (χ3v) is 6.34. The van der Waals surface area contributed by atoms with Crippen LogP contribution < -0.4 is 4.72 Å². The molecule has 1 aliphatic heterocycles. The maximum atomic E-state index is 12.8. The minimum atomic E-state index is -3.13. The van der Waals surface area contributed by atoms with Gasteiger partial charge in [-0.2, -0.15) is 0 Å². The van der Waals surface area contributed by atoms with Gasteiger partial charge in [0, 0.05) is 19.1 Å². The summed E-state index contributed by atoms with van der Waals surface area (Å²) in [4.78, 5) is 14.9. The van der Waals surface area contributed by atoms with Gasteiger partial charge in [0.25, 0.3) is 0 Å². The molecule has 22 heavy (non-hydrogen) atoms. The Kier molecular flexibility index (Phi) is 3.88. The quantitative estimate of drug-likeness (QED) is 0.802.